The minimum absolute atomic E-state index is 0.211. The molecular weight excluding hydrogens is 360 g/mol. The van der Waals surface area contributed by atoms with Crippen LogP contribution >= 0.6 is 0 Å². The fourth-order valence-electron chi connectivity index (χ4n) is 5.08. The number of benzene rings is 1. The Morgan fingerprint density at radius 2 is 1.66 bits per heavy atom. The molecule has 3 rings (SSSR count). The van der Waals surface area contributed by atoms with Crippen molar-refractivity contribution in [1.29, 1.82) is 0 Å². The topological polar surface area (TPSA) is 43.4 Å². The SMILES string of the molecule is CCCCOc1ccc(C2CCC(CC(=O)C3CCC(CC)CC3=O)CC2)cc1. The van der Waals surface area contributed by atoms with Crippen LogP contribution in [0.3, 0.4) is 0 Å². The van der Waals surface area contributed by atoms with Gasteiger partial charge in [0, 0.05) is 12.8 Å². The van der Waals surface area contributed by atoms with Gasteiger partial charge >= 0.3 is 0 Å². The molecule has 2 unspecified atom stereocenters. The quantitative estimate of drug-likeness (QED) is 0.352. The molecule has 0 amide bonds. The van der Waals surface area contributed by atoms with Crippen LogP contribution < -0.4 is 4.74 Å². The van der Waals surface area contributed by atoms with Crippen LogP contribution in [0.2, 0.25) is 0 Å². The number of unbranched alkanes of at least 4 members (excludes halogenated alkanes) is 1. The van der Waals surface area contributed by atoms with Gasteiger partial charge < -0.3 is 4.74 Å². The van der Waals surface area contributed by atoms with Crippen molar-refractivity contribution in [3.8, 4) is 5.75 Å². The van der Waals surface area contributed by atoms with Gasteiger partial charge in [-0.2, -0.15) is 0 Å². The molecule has 2 aliphatic rings. The zero-order valence-corrected chi connectivity index (χ0v) is 18.3. The lowest BCUT2D eigenvalue weighted by molar-refractivity contribution is -0.136. The summed E-state index contributed by atoms with van der Waals surface area (Å²) in [6, 6.07) is 8.61. The molecule has 160 valence electrons. The van der Waals surface area contributed by atoms with E-state index in [9.17, 15) is 9.59 Å². The van der Waals surface area contributed by atoms with E-state index in [-0.39, 0.29) is 17.5 Å². The monoisotopic (exact) mass is 398 g/mol. The van der Waals surface area contributed by atoms with Crippen LogP contribution in [0, 0.1) is 17.8 Å². The molecule has 0 spiro atoms. The number of hydrogen-bond acceptors (Lipinski definition) is 3. The normalized spacial score (nSPS) is 27.6. The van der Waals surface area contributed by atoms with Crippen LogP contribution in [0.1, 0.15) is 96.0 Å². The molecule has 0 saturated heterocycles. The van der Waals surface area contributed by atoms with Crippen molar-refractivity contribution in [1.82, 2.24) is 0 Å². The highest BCUT2D eigenvalue weighted by molar-refractivity contribution is 6.02. The lowest BCUT2D eigenvalue weighted by atomic mass is 9.73. The minimum atomic E-state index is -0.296. The summed E-state index contributed by atoms with van der Waals surface area (Å²) < 4.78 is 5.76. The molecule has 3 heteroatoms. The molecule has 0 aliphatic heterocycles. The molecular formula is C26H38O3. The summed E-state index contributed by atoms with van der Waals surface area (Å²) in [6.07, 6.45) is 10.9. The number of rotatable bonds is 9. The highest BCUT2D eigenvalue weighted by atomic mass is 16.5. The Labute approximate surface area is 176 Å². The van der Waals surface area contributed by atoms with E-state index in [1.165, 1.54) is 5.56 Å². The summed E-state index contributed by atoms with van der Waals surface area (Å²) in [4.78, 5) is 25.1. The van der Waals surface area contributed by atoms with Crippen molar-refractivity contribution in [2.75, 3.05) is 6.61 Å². The molecule has 3 nitrogen and oxygen atoms in total. The summed E-state index contributed by atoms with van der Waals surface area (Å²) in [5.41, 5.74) is 1.39. The predicted molar refractivity (Wildman–Crippen MR) is 117 cm³/mol. The summed E-state index contributed by atoms with van der Waals surface area (Å²) in [5, 5.41) is 0. The second-order valence-corrected chi connectivity index (χ2v) is 9.23. The van der Waals surface area contributed by atoms with Gasteiger partial charge in [0.2, 0.25) is 0 Å². The molecule has 1 aromatic rings. The third-order valence-electron chi connectivity index (χ3n) is 7.16. The van der Waals surface area contributed by atoms with Gasteiger partial charge in [0.05, 0.1) is 12.5 Å². The summed E-state index contributed by atoms with van der Waals surface area (Å²) in [5.74, 6) is 2.66. The van der Waals surface area contributed by atoms with Crippen LogP contribution in [-0.2, 0) is 9.59 Å². The van der Waals surface area contributed by atoms with Gasteiger partial charge in [0.1, 0.15) is 17.3 Å². The standard InChI is InChI=1S/C26H38O3/c1-3-5-16-29-23-13-11-22(12-14-23)21-9-6-20(7-10-21)18-26(28)24-15-8-19(4-2)17-25(24)27/h11-14,19-21,24H,3-10,15-18H2,1-2H3. The summed E-state index contributed by atoms with van der Waals surface area (Å²) >= 11 is 0. The Morgan fingerprint density at radius 1 is 0.966 bits per heavy atom. The van der Waals surface area contributed by atoms with Crippen molar-refractivity contribution in [2.24, 2.45) is 17.8 Å². The first-order valence-corrected chi connectivity index (χ1v) is 11.9. The van der Waals surface area contributed by atoms with E-state index in [2.05, 4.69) is 38.1 Å². The molecule has 2 atom stereocenters. The Morgan fingerprint density at radius 3 is 2.28 bits per heavy atom. The third-order valence-corrected chi connectivity index (χ3v) is 7.16. The molecule has 0 radical (unpaired) electrons. The fraction of sp³-hybridized carbons (Fsp3) is 0.692. The second kappa shape index (κ2) is 10.9. The van der Waals surface area contributed by atoms with Crippen molar-refractivity contribution >= 4 is 11.6 Å². The molecule has 0 heterocycles. The summed E-state index contributed by atoms with van der Waals surface area (Å²) in [7, 11) is 0. The molecule has 1 aromatic carbocycles. The van der Waals surface area contributed by atoms with Crippen molar-refractivity contribution in [2.45, 2.75) is 90.4 Å². The lowest BCUT2D eigenvalue weighted by Crippen LogP contribution is -2.32. The van der Waals surface area contributed by atoms with Crippen LogP contribution in [0.15, 0.2) is 24.3 Å². The van der Waals surface area contributed by atoms with Gasteiger partial charge in [0.25, 0.3) is 0 Å². The van der Waals surface area contributed by atoms with Gasteiger partial charge in [-0.1, -0.05) is 38.8 Å². The zero-order chi connectivity index (χ0) is 20.6. The van der Waals surface area contributed by atoms with E-state index < -0.39 is 0 Å². The van der Waals surface area contributed by atoms with Gasteiger partial charge in [0.15, 0.2) is 0 Å². The molecule has 29 heavy (non-hydrogen) atoms. The molecule has 2 aliphatic carbocycles. The van der Waals surface area contributed by atoms with Crippen LogP contribution in [0.5, 0.6) is 5.75 Å². The second-order valence-electron chi connectivity index (χ2n) is 9.23. The van der Waals surface area contributed by atoms with E-state index in [1.807, 2.05) is 0 Å². The number of hydrogen-bond donors (Lipinski definition) is 0. The van der Waals surface area contributed by atoms with Crippen molar-refractivity contribution in [3.63, 3.8) is 0 Å². The van der Waals surface area contributed by atoms with E-state index in [0.29, 0.717) is 30.6 Å². The first-order chi connectivity index (χ1) is 14.1. The maximum atomic E-state index is 12.7. The summed E-state index contributed by atoms with van der Waals surface area (Å²) in [6.45, 7) is 5.11. The first kappa shape index (κ1) is 22.1. The molecule has 0 aromatic heterocycles. The number of Topliss-reactive ketones (excluding diaryl/α,β-unsaturated/α-hetero) is 2. The lowest BCUT2D eigenvalue weighted by Gasteiger charge is -2.30. The molecule has 0 N–H and O–H groups in total. The Balaban J connectivity index is 1.43. The maximum absolute atomic E-state index is 12.7. The van der Waals surface area contributed by atoms with Crippen LogP contribution in [-0.4, -0.2) is 18.2 Å². The maximum Gasteiger partial charge on any atom is 0.143 e. The van der Waals surface area contributed by atoms with Crippen molar-refractivity contribution < 1.29 is 14.3 Å². The number of ketones is 2. The molecule has 0 bridgehead atoms. The van der Waals surface area contributed by atoms with E-state index in [4.69, 9.17) is 4.74 Å². The fourth-order valence-corrected chi connectivity index (χ4v) is 5.08. The number of ether oxygens (including phenoxy) is 1. The average Bonchev–Trinajstić information content (AvgIpc) is 2.75. The first-order valence-electron chi connectivity index (χ1n) is 11.9. The molecule has 2 saturated carbocycles. The van der Waals surface area contributed by atoms with Crippen LogP contribution in [0.25, 0.3) is 0 Å². The van der Waals surface area contributed by atoms with Gasteiger partial charge in [-0.15, -0.1) is 0 Å². The highest BCUT2D eigenvalue weighted by Crippen LogP contribution is 2.39. The van der Waals surface area contributed by atoms with Gasteiger partial charge in [-0.05, 0) is 80.4 Å². The zero-order valence-electron chi connectivity index (χ0n) is 18.3. The van der Waals surface area contributed by atoms with E-state index >= 15 is 0 Å². The van der Waals surface area contributed by atoms with Gasteiger partial charge in [-0.3, -0.25) is 9.59 Å². The Kier molecular flexibility index (Phi) is 8.32. The Bertz CT molecular complexity index is 655. The third kappa shape index (κ3) is 6.17. The Hall–Kier alpha value is -1.64. The van der Waals surface area contributed by atoms with Crippen molar-refractivity contribution in [3.05, 3.63) is 29.8 Å². The predicted octanol–water partition coefficient (Wildman–Crippen LogP) is 6.49. The average molecular weight is 399 g/mol. The smallest absolute Gasteiger partial charge is 0.143 e. The minimum Gasteiger partial charge on any atom is -0.494 e. The number of carbonyl (C=O) groups is 2. The molecule has 2 fully saturated rings. The largest absolute Gasteiger partial charge is 0.494 e. The van der Waals surface area contributed by atoms with Crippen LogP contribution in [0.4, 0.5) is 0 Å². The van der Waals surface area contributed by atoms with Gasteiger partial charge in [-0.25, -0.2) is 0 Å². The van der Waals surface area contributed by atoms with E-state index in [1.54, 1.807) is 0 Å². The number of carbonyl (C=O) groups excluding carboxylic acids is 2. The highest BCUT2D eigenvalue weighted by Gasteiger charge is 2.34. The van der Waals surface area contributed by atoms with E-state index in [0.717, 1.165) is 70.1 Å².